The van der Waals surface area contributed by atoms with E-state index in [4.69, 9.17) is 14.6 Å². The molecule has 10 heteroatoms. The van der Waals surface area contributed by atoms with Crippen molar-refractivity contribution in [3.63, 3.8) is 0 Å². The molecule has 210 valence electrons. The van der Waals surface area contributed by atoms with Crippen LogP contribution in [0, 0.1) is 29.4 Å². The van der Waals surface area contributed by atoms with E-state index in [1.54, 1.807) is 13.0 Å². The maximum absolute atomic E-state index is 14.1. The SMILES string of the molecule is CCC(Oc1ccc(F)cc1F)C(=O)OC1CC(O)C=C2C=CC(C)C(CCC(O)CC(O)CC(=O)O)C21. The van der Waals surface area contributed by atoms with E-state index in [1.165, 1.54) is 0 Å². The largest absolute Gasteiger partial charge is 0.481 e. The third kappa shape index (κ3) is 7.85. The van der Waals surface area contributed by atoms with Gasteiger partial charge in [-0.3, -0.25) is 4.79 Å². The summed E-state index contributed by atoms with van der Waals surface area (Å²) < 4.78 is 38.7. The molecule has 0 radical (unpaired) electrons. The summed E-state index contributed by atoms with van der Waals surface area (Å²) in [7, 11) is 0. The van der Waals surface area contributed by atoms with Crippen LogP contribution in [0.25, 0.3) is 0 Å². The highest BCUT2D eigenvalue weighted by Crippen LogP contribution is 2.44. The maximum atomic E-state index is 14.1. The van der Waals surface area contributed by atoms with Crippen LogP contribution in [0.1, 0.15) is 52.4 Å². The summed E-state index contributed by atoms with van der Waals surface area (Å²) in [4.78, 5) is 23.9. The molecule has 1 aromatic rings. The van der Waals surface area contributed by atoms with Crippen molar-refractivity contribution in [2.24, 2.45) is 17.8 Å². The number of carboxylic acids is 1. The van der Waals surface area contributed by atoms with Gasteiger partial charge in [-0.1, -0.05) is 32.1 Å². The number of carbonyl (C=O) groups is 2. The number of halogens is 2. The summed E-state index contributed by atoms with van der Waals surface area (Å²) in [5, 5.41) is 39.5. The number of hydrogen-bond acceptors (Lipinski definition) is 7. The minimum atomic E-state index is -1.16. The number of esters is 1. The molecular weight excluding hydrogens is 502 g/mol. The second kappa shape index (κ2) is 13.3. The van der Waals surface area contributed by atoms with Crippen LogP contribution in [0.5, 0.6) is 5.75 Å². The number of hydrogen-bond donors (Lipinski definition) is 4. The number of carbonyl (C=O) groups excluding carboxylic acids is 1. The quantitative estimate of drug-likeness (QED) is 0.297. The second-order valence-electron chi connectivity index (χ2n) is 10.2. The fourth-order valence-electron chi connectivity index (χ4n) is 5.34. The van der Waals surface area contributed by atoms with Gasteiger partial charge < -0.3 is 29.9 Å². The average Bonchev–Trinajstić information content (AvgIpc) is 2.82. The lowest BCUT2D eigenvalue weighted by atomic mass is 9.66. The molecule has 4 N–H and O–H groups in total. The van der Waals surface area contributed by atoms with Crippen LogP contribution in [0.3, 0.4) is 0 Å². The predicted octanol–water partition coefficient (Wildman–Crippen LogP) is 3.53. The van der Waals surface area contributed by atoms with E-state index >= 15 is 0 Å². The zero-order chi connectivity index (χ0) is 28.0. The van der Waals surface area contributed by atoms with Gasteiger partial charge in [0.2, 0.25) is 0 Å². The molecule has 0 bridgehead atoms. The van der Waals surface area contributed by atoms with E-state index < -0.39 is 60.5 Å². The molecule has 8 unspecified atom stereocenters. The van der Waals surface area contributed by atoms with Crippen molar-refractivity contribution in [2.75, 3.05) is 0 Å². The normalized spacial score (nSPS) is 27.0. The van der Waals surface area contributed by atoms with Gasteiger partial charge in [0.05, 0.1) is 24.7 Å². The lowest BCUT2D eigenvalue weighted by molar-refractivity contribution is -0.163. The molecule has 38 heavy (non-hydrogen) atoms. The molecule has 8 nitrogen and oxygen atoms in total. The molecule has 1 aromatic carbocycles. The number of fused-ring (bicyclic) bond motifs is 1. The van der Waals surface area contributed by atoms with Gasteiger partial charge in [-0.05, 0) is 55.2 Å². The van der Waals surface area contributed by atoms with Crippen molar-refractivity contribution in [1.82, 2.24) is 0 Å². The van der Waals surface area contributed by atoms with E-state index in [0.717, 1.165) is 17.7 Å². The van der Waals surface area contributed by atoms with Crippen LogP contribution in [0.4, 0.5) is 8.78 Å². The topological polar surface area (TPSA) is 134 Å². The van der Waals surface area contributed by atoms with Gasteiger partial charge in [-0.25, -0.2) is 13.6 Å². The highest BCUT2D eigenvalue weighted by molar-refractivity contribution is 5.75. The highest BCUT2D eigenvalue weighted by atomic mass is 19.1. The zero-order valence-electron chi connectivity index (χ0n) is 21.5. The monoisotopic (exact) mass is 538 g/mol. The van der Waals surface area contributed by atoms with Gasteiger partial charge in [0.1, 0.15) is 11.9 Å². The summed E-state index contributed by atoms with van der Waals surface area (Å²) in [6.07, 6.45) is 1.46. The first-order chi connectivity index (χ1) is 18.0. The Bertz CT molecular complexity index is 1040. The predicted molar refractivity (Wildman–Crippen MR) is 133 cm³/mol. The van der Waals surface area contributed by atoms with Crippen LogP contribution in [-0.2, 0) is 14.3 Å². The van der Waals surface area contributed by atoms with E-state index in [1.807, 2.05) is 19.1 Å². The molecule has 3 rings (SSSR count). The van der Waals surface area contributed by atoms with Crippen molar-refractivity contribution in [2.45, 2.75) is 82.9 Å². The Balaban J connectivity index is 1.72. The summed E-state index contributed by atoms with van der Waals surface area (Å²) in [6.45, 7) is 3.67. The van der Waals surface area contributed by atoms with Gasteiger partial charge in [0, 0.05) is 18.4 Å². The first kappa shape index (κ1) is 29.7. The second-order valence-corrected chi connectivity index (χ2v) is 10.2. The molecule has 0 saturated heterocycles. The summed E-state index contributed by atoms with van der Waals surface area (Å²) in [5.41, 5.74) is 0.809. The van der Waals surface area contributed by atoms with Crippen molar-refractivity contribution in [3.8, 4) is 5.75 Å². The number of aliphatic hydroxyl groups excluding tert-OH is 3. The minimum absolute atomic E-state index is 0.0521. The molecule has 0 fully saturated rings. The van der Waals surface area contributed by atoms with Crippen molar-refractivity contribution in [1.29, 1.82) is 0 Å². The maximum Gasteiger partial charge on any atom is 0.347 e. The van der Waals surface area contributed by atoms with E-state index in [9.17, 15) is 33.7 Å². The molecule has 0 amide bonds. The van der Waals surface area contributed by atoms with Gasteiger partial charge in [-0.15, -0.1) is 0 Å². The average molecular weight is 539 g/mol. The number of ether oxygens (including phenoxy) is 2. The number of rotatable bonds is 12. The molecule has 0 heterocycles. The van der Waals surface area contributed by atoms with Gasteiger partial charge >= 0.3 is 11.9 Å². The molecule has 2 aliphatic carbocycles. The molecular formula is C28H36F2O8. The number of aliphatic carboxylic acids is 1. The number of benzene rings is 1. The Hall–Kier alpha value is -2.82. The number of allylic oxidation sites excluding steroid dienone is 2. The smallest absolute Gasteiger partial charge is 0.347 e. The van der Waals surface area contributed by atoms with Gasteiger partial charge in [-0.2, -0.15) is 0 Å². The Kier molecular flexibility index (Phi) is 10.4. The van der Waals surface area contributed by atoms with Crippen LogP contribution in [-0.4, -0.2) is 62.9 Å². The molecule has 0 aromatic heterocycles. The fourth-order valence-corrected chi connectivity index (χ4v) is 5.34. The lowest BCUT2D eigenvalue weighted by Gasteiger charge is -2.43. The first-order valence-corrected chi connectivity index (χ1v) is 13.0. The van der Waals surface area contributed by atoms with Crippen molar-refractivity contribution in [3.05, 3.63) is 53.6 Å². The van der Waals surface area contributed by atoms with Crippen molar-refractivity contribution < 1.29 is 48.3 Å². The third-order valence-electron chi connectivity index (χ3n) is 7.22. The highest BCUT2D eigenvalue weighted by Gasteiger charge is 2.42. The van der Waals surface area contributed by atoms with Crippen LogP contribution < -0.4 is 4.74 Å². The van der Waals surface area contributed by atoms with Gasteiger partial charge in [0.25, 0.3) is 0 Å². The first-order valence-electron chi connectivity index (χ1n) is 13.0. The molecule has 2 aliphatic rings. The Morgan fingerprint density at radius 1 is 1.18 bits per heavy atom. The molecule has 0 spiro atoms. The zero-order valence-corrected chi connectivity index (χ0v) is 21.5. The van der Waals surface area contributed by atoms with E-state index in [-0.39, 0.29) is 42.8 Å². The Morgan fingerprint density at radius 3 is 2.58 bits per heavy atom. The van der Waals surface area contributed by atoms with Crippen LogP contribution >= 0.6 is 0 Å². The van der Waals surface area contributed by atoms with Crippen molar-refractivity contribution >= 4 is 11.9 Å². The standard InChI is InChI=1S/C28H36F2O8/c1-3-23(37-24-9-6-17(29)11-22(24)30)28(36)38-25-13-19(32)10-16-5-4-15(2)21(27(16)25)8-7-18(31)12-20(33)14-26(34)35/h4-6,9-11,15,18-21,23,25,27,31-33H,3,7-8,12-14H2,1-2H3,(H,34,35). The molecule has 8 atom stereocenters. The molecule has 0 aliphatic heterocycles. The third-order valence-corrected chi connectivity index (χ3v) is 7.22. The summed E-state index contributed by atoms with van der Waals surface area (Å²) in [6, 6.07) is 2.80. The Morgan fingerprint density at radius 2 is 1.92 bits per heavy atom. The molecule has 0 saturated carbocycles. The van der Waals surface area contributed by atoms with E-state index in [0.29, 0.717) is 18.9 Å². The number of aliphatic hydroxyl groups is 3. The minimum Gasteiger partial charge on any atom is -0.481 e. The number of carboxylic acid groups (broad SMARTS) is 1. The summed E-state index contributed by atoms with van der Waals surface area (Å²) in [5.74, 6) is -4.15. The fraction of sp³-hybridized carbons (Fsp3) is 0.571. The van der Waals surface area contributed by atoms with Gasteiger partial charge in [0.15, 0.2) is 17.7 Å². The van der Waals surface area contributed by atoms with Crippen LogP contribution in [0.15, 0.2) is 42.0 Å². The van der Waals surface area contributed by atoms with Crippen LogP contribution in [0.2, 0.25) is 0 Å². The summed E-state index contributed by atoms with van der Waals surface area (Å²) >= 11 is 0. The Labute approximate surface area is 220 Å². The lowest BCUT2D eigenvalue weighted by Crippen LogP contribution is -2.44. The van der Waals surface area contributed by atoms with E-state index in [2.05, 4.69) is 0 Å².